The molecule has 0 unspecified atom stereocenters. The monoisotopic (exact) mass is 602 g/mol. The third-order valence-electron chi connectivity index (χ3n) is 6.14. The van der Waals surface area contributed by atoms with Gasteiger partial charge in [0.2, 0.25) is 0 Å². The number of benzene rings is 3. The molecule has 0 aliphatic rings. The highest BCUT2D eigenvalue weighted by Gasteiger charge is 2.25. The first-order chi connectivity index (χ1) is 18.7. The van der Waals surface area contributed by atoms with Crippen LogP contribution in [-0.2, 0) is 10.0 Å². The minimum absolute atomic E-state index is 0. The quantitative estimate of drug-likeness (QED) is 0.200. The zero-order valence-electron chi connectivity index (χ0n) is 23.1. The number of anilines is 2. The van der Waals surface area contributed by atoms with E-state index in [4.69, 9.17) is 9.72 Å². The minimum atomic E-state index is -3.79. The van der Waals surface area contributed by atoms with Gasteiger partial charge in [-0.2, -0.15) is 0 Å². The van der Waals surface area contributed by atoms with Crippen LogP contribution < -0.4 is 13.9 Å². The SMILES string of the molecule is CCOc1ccc2nc(N(CCCN(C)C)C(=O)c3ccc(S(=O)(=O)N(CC)c4ccccc4)cc3)sc2c1.Cl. The van der Waals surface area contributed by atoms with Crippen molar-refractivity contribution in [3.05, 3.63) is 78.4 Å². The van der Waals surface area contributed by atoms with Crippen molar-refractivity contribution in [2.75, 3.05) is 49.5 Å². The van der Waals surface area contributed by atoms with E-state index in [0.29, 0.717) is 29.5 Å². The number of sulfonamides is 1. The molecule has 1 aromatic heterocycles. The van der Waals surface area contributed by atoms with Crippen molar-refractivity contribution in [2.24, 2.45) is 0 Å². The molecule has 4 aromatic rings. The van der Waals surface area contributed by atoms with Crippen molar-refractivity contribution >= 4 is 60.7 Å². The van der Waals surface area contributed by atoms with E-state index < -0.39 is 10.0 Å². The number of thiazole rings is 1. The number of nitrogens with zero attached hydrogens (tertiary/aromatic N) is 4. The van der Waals surface area contributed by atoms with Crippen molar-refractivity contribution in [3.8, 4) is 5.75 Å². The number of hydrogen-bond donors (Lipinski definition) is 0. The maximum absolute atomic E-state index is 13.7. The Kier molecular flexibility index (Phi) is 10.9. The van der Waals surface area contributed by atoms with E-state index in [2.05, 4.69) is 4.90 Å². The summed E-state index contributed by atoms with van der Waals surface area (Å²) < 4.78 is 34.7. The molecule has 214 valence electrons. The van der Waals surface area contributed by atoms with Gasteiger partial charge in [-0.25, -0.2) is 13.4 Å². The van der Waals surface area contributed by atoms with Crippen LogP contribution >= 0.6 is 23.7 Å². The molecule has 0 bridgehead atoms. The molecule has 0 fully saturated rings. The summed E-state index contributed by atoms with van der Waals surface area (Å²) in [6.45, 7) is 5.88. The lowest BCUT2D eigenvalue weighted by molar-refractivity contribution is 0.0986. The molecule has 1 amide bonds. The number of carbonyl (C=O) groups excluding carboxylic acids is 1. The van der Waals surface area contributed by atoms with E-state index in [1.807, 2.05) is 45.3 Å². The zero-order valence-corrected chi connectivity index (χ0v) is 25.6. The van der Waals surface area contributed by atoms with Gasteiger partial charge in [0.25, 0.3) is 15.9 Å². The molecule has 0 saturated heterocycles. The molecule has 0 spiro atoms. The number of carbonyl (C=O) groups is 1. The Morgan fingerprint density at radius 1 is 0.950 bits per heavy atom. The topological polar surface area (TPSA) is 83.0 Å². The van der Waals surface area contributed by atoms with Gasteiger partial charge in [-0.15, -0.1) is 12.4 Å². The molecular weight excluding hydrogens is 568 g/mol. The lowest BCUT2D eigenvalue weighted by Crippen LogP contribution is -2.33. The van der Waals surface area contributed by atoms with Crippen LogP contribution in [0.3, 0.4) is 0 Å². The smallest absolute Gasteiger partial charge is 0.264 e. The van der Waals surface area contributed by atoms with Crippen molar-refractivity contribution in [2.45, 2.75) is 25.2 Å². The first kappa shape index (κ1) is 31.3. The highest BCUT2D eigenvalue weighted by molar-refractivity contribution is 7.92. The van der Waals surface area contributed by atoms with Gasteiger partial charge in [-0.1, -0.05) is 29.5 Å². The van der Waals surface area contributed by atoms with Gasteiger partial charge in [-0.05, 0) is 95.5 Å². The summed E-state index contributed by atoms with van der Waals surface area (Å²) in [6, 6.07) is 20.8. The number of hydrogen-bond acceptors (Lipinski definition) is 7. The largest absolute Gasteiger partial charge is 0.494 e. The normalized spacial score (nSPS) is 11.3. The molecule has 0 aliphatic carbocycles. The van der Waals surface area contributed by atoms with Crippen LogP contribution in [0, 0.1) is 0 Å². The Bertz CT molecular complexity index is 1510. The Labute approximate surface area is 246 Å². The Balaban J connectivity index is 0.00000441. The molecule has 40 heavy (non-hydrogen) atoms. The molecule has 4 rings (SSSR count). The van der Waals surface area contributed by atoms with Crippen LogP contribution in [0.25, 0.3) is 10.2 Å². The van der Waals surface area contributed by atoms with Crippen LogP contribution in [0.15, 0.2) is 77.7 Å². The van der Waals surface area contributed by atoms with Crippen LogP contribution in [0.2, 0.25) is 0 Å². The standard InChI is InChI=1S/C29H34N4O4S2.ClH/c1-5-33(23-11-8-7-9-12-23)39(35,36)25-16-13-22(14-17-25)28(34)32(20-10-19-31(3)4)29-30-26-18-15-24(37-6-2)21-27(26)38-29;/h7-9,11-18,21H,5-6,10,19-20H2,1-4H3;1H. The first-order valence-electron chi connectivity index (χ1n) is 12.9. The summed E-state index contributed by atoms with van der Waals surface area (Å²) in [5.41, 5.74) is 1.79. The molecule has 11 heteroatoms. The predicted octanol–water partition coefficient (Wildman–Crippen LogP) is 5.93. The summed E-state index contributed by atoms with van der Waals surface area (Å²) in [5.74, 6) is 0.538. The van der Waals surface area contributed by atoms with Gasteiger partial charge in [0.1, 0.15) is 5.75 Å². The number of fused-ring (bicyclic) bond motifs is 1. The van der Waals surface area contributed by atoms with Gasteiger partial charge >= 0.3 is 0 Å². The third kappa shape index (κ3) is 7.11. The Hall–Kier alpha value is -3.18. The minimum Gasteiger partial charge on any atom is -0.494 e. The summed E-state index contributed by atoms with van der Waals surface area (Å²) in [4.78, 5) is 22.4. The molecule has 8 nitrogen and oxygen atoms in total. The molecule has 1 heterocycles. The molecule has 3 aromatic carbocycles. The van der Waals surface area contributed by atoms with E-state index in [9.17, 15) is 13.2 Å². The number of ether oxygens (including phenoxy) is 1. The fourth-order valence-electron chi connectivity index (χ4n) is 4.23. The molecule has 0 atom stereocenters. The molecule has 0 aliphatic heterocycles. The second kappa shape index (κ2) is 13.9. The molecule has 0 N–H and O–H groups in total. The second-order valence-electron chi connectivity index (χ2n) is 9.20. The van der Waals surface area contributed by atoms with Crippen molar-refractivity contribution in [1.82, 2.24) is 9.88 Å². The van der Waals surface area contributed by atoms with Gasteiger partial charge in [0, 0.05) is 18.7 Å². The van der Waals surface area contributed by atoms with Crippen molar-refractivity contribution in [3.63, 3.8) is 0 Å². The van der Waals surface area contributed by atoms with Crippen LogP contribution in [-0.4, -0.2) is 64.5 Å². The van der Waals surface area contributed by atoms with Gasteiger partial charge < -0.3 is 9.64 Å². The molecule has 0 radical (unpaired) electrons. The van der Waals surface area contributed by atoms with Crippen LogP contribution in [0.1, 0.15) is 30.6 Å². The number of para-hydroxylation sites is 1. The maximum atomic E-state index is 13.7. The number of halogens is 1. The van der Waals surface area contributed by atoms with Gasteiger partial charge in [0.15, 0.2) is 5.13 Å². The summed E-state index contributed by atoms with van der Waals surface area (Å²) in [6.07, 6.45) is 0.758. The van der Waals surface area contributed by atoms with Crippen LogP contribution in [0.4, 0.5) is 10.8 Å². The molecule has 0 saturated carbocycles. The number of aromatic nitrogens is 1. The molecular formula is C29H35ClN4O4S2. The van der Waals surface area contributed by atoms with Crippen molar-refractivity contribution < 1.29 is 17.9 Å². The average Bonchev–Trinajstić information content (AvgIpc) is 3.35. The van der Waals surface area contributed by atoms with Gasteiger partial charge in [-0.3, -0.25) is 14.0 Å². The lowest BCUT2D eigenvalue weighted by Gasteiger charge is -2.23. The van der Waals surface area contributed by atoms with E-state index in [-0.39, 0.29) is 29.8 Å². The highest BCUT2D eigenvalue weighted by Crippen LogP contribution is 2.33. The first-order valence-corrected chi connectivity index (χ1v) is 15.2. The zero-order chi connectivity index (χ0) is 28.0. The second-order valence-corrected chi connectivity index (χ2v) is 12.1. The van der Waals surface area contributed by atoms with E-state index in [1.165, 1.54) is 27.8 Å². The highest BCUT2D eigenvalue weighted by atomic mass is 35.5. The Morgan fingerprint density at radius 3 is 2.27 bits per heavy atom. The number of amides is 1. The number of rotatable bonds is 12. The summed E-state index contributed by atoms with van der Waals surface area (Å²) in [5, 5.41) is 0.598. The van der Waals surface area contributed by atoms with Crippen LogP contribution in [0.5, 0.6) is 5.75 Å². The average molecular weight is 603 g/mol. The predicted molar refractivity (Wildman–Crippen MR) is 166 cm³/mol. The maximum Gasteiger partial charge on any atom is 0.264 e. The van der Waals surface area contributed by atoms with Crippen molar-refractivity contribution in [1.29, 1.82) is 0 Å². The summed E-state index contributed by atoms with van der Waals surface area (Å²) in [7, 11) is 0.198. The van der Waals surface area contributed by atoms with E-state index in [0.717, 1.165) is 28.9 Å². The third-order valence-corrected chi connectivity index (χ3v) is 9.10. The Morgan fingerprint density at radius 2 is 1.65 bits per heavy atom. The van der Waals surface area contributed by atoms with E-state index >= 15 is 0 Å². The fraction of sp³-hybridized carbons (Fsp3) is 0.310. The lowest BCUT2D eigenvalue weighted by atomic mass is 10.2. The van der Waals surface area contributed by atoms with E-state index in [1.54, 1.807) is 48.2 Å². The van der Waals surface area contributed by atoms with Gasteiger partial charge in [0.05, 0.1) is 27.4 Å². The fourth-order valence-corrected chi connectivity index (χ4v) is 6.72. The summed E-state index contributed by atoms with van der Waals surface area (Å²) >= 11 is 1.44.